The molecule has 0 saturated carbocycles. The van der Waals surface area contributed by atoms with Crippen LogP contribution >= 0.6 is 0 Å². The van der Waals surface area contributed by atoms with Crippen molar-refractivity contribution in [1.82, 2.24) is 5.32 Å². The van der Waals surface area contributed by atoms with Crippen molar-refractivity contribution in [2.24, 2.45) is 0 Å². The highest BCUT2D eigenvalue weighted by molar-refractivity contribution is 7.86. The molecule has 1 heterocycles. The summed E-state index contributed by atoms with van der Waals surface area (Å²) in [5.41, 5.74) is -0.571. The van der Waals surface area contributed by atoms with Gasteiger partial charge in [-0.25, -0.2) is 4.79 Å². The third-order valence-corrected chi connectivity index (χ3v) is 5.13. The van der Waals surface area contributed by atoms with Crippen LogP contribution in [0.5, 0.6) is 0 Å². The van der Waals surface area contributed by atoms with Gasteiger partial charge < -0.3 is 15.2 Å². The largest absolute Gasteiger partial charge is 0.465 e. The first-order valence-corrected chi connectivity index (χ1v) is 10.1. The molecular weight excluding hydrogens is 380 g/mol. The van der Waals surface area contributed by atoms with E-state index >= 15 is 0 Å². The van der Waals surface area contributed by atoms with Gasteiger partial charge in [0.05, 0.1) is 29.4 Å². The number of nitrogens with zero attached hydrogens (tertiary/aromatic N) is 1. The minimum absolute atomic E-state index is 0.0882. The normalized spacial score (nSPS) is 22.1. The molecule has 0 aliphatic carbocycles. The molecule has 0 bridgehead atoms. The van der Waals surface area contributed by atoms with E-state index in [1.54, 1.807) is 6.92 Å². The zero-order chi connectivity index (χ0) is 20.2. The molecule has 10 nitrogen and oxygen atoms in total. The molecule has 2 rings (SSSR count). The van der Waals surface area contributed by atoms with Crippen LogP contribution in [0.2, 0.25) is 0 Å². The van der Waals surface area contributed by atoms with Gasteiger partial charge in [0.1, 0.15) is 6.10 Å². The smallest absolute Gasteiger partial charge is 0.405 e. The Hall–Kier alpha value is -2.24. The molecule has 2 N–H and O–H groups in total. The summed E-state index contributed by atoms with van der Waals surface area (Å²) in [7, 11) is -3.62. The van der Waals surface area contributed by atoms with E-state index < -0.39 is 38.9 Å². The molecule has 1 aliphatic heterocycles. The Morgan fingerprint density at radius 1 is 1.44 bits per heavy atom. The molecule has 3 atom stereocenters. The summed E-state index contributed by atoms with van der Waals surface area (Å²) in [6.45, 7) is 1.88. The fourth-order valence-corrected chi connectivity index (χ4v) is 3.93. The van der Waals surface area contributed by atoms with E-state index in [-0.39, 0.29) is 18.7 Å². The predicted molar refractivity (Wildman–Crippen MR) is 94.9 cm³/mol. The van der Waals surface area contributed by atoms with Crippen molar-refractivity contribution in [2.45, 2.75) is 43.9 Å². The summed E-state index contributed by atoms with van der Waals surface area (Å²) in [6.07, 6.45) is -0.439. The van der Waals surface area contributed by atoms with Gasteiger partial charge in [-0.2, -0.15) is 8.42 Å². The van der Waals surface area contributed by atoms with E-state index in [4.69, 9.17) is 8.92 Å². The number of nitrogens with one attached hydrogen (secondary N) is 1. The van der Waals surface area contributed by atoms with Crippen LogP contribution < -0.4 is 5.32 Å². The van der Waals surface area contributed by atoms with E-state index in [9.17, 15) is 28.4 Å². The van der Waals surface area contributed by atoms with E-state index in [0.29, 0.717) is 18.4 Å². The quantitative estimate of drug-likeness (QED) is 0.381. The van der Waals surface area contributed by atoms with E-state index in [1.807, 2.05) is 0 Å². The zero-order valence-corrected chi connectivity index (χ0v) is 15.8. The Bertz CT molecular complexity index is 795. The molecule has 11 heteroatoms. The van der Waals surface area contributed by atoms with Crippen molar-refractivity contribution in [3.8, 4) is 0 Å². The fraction of sp³-hybridized carbons (Fsp3) is 0.562. The van der Waals surface area contributed by atoms with E-state index in [1.165, 1.54) is 24.3 Å². The highest BCUT2D eigenvalue weighted by Crippen LogP contribution is 2.35. The van der Waals surface area contributed by atoms with Gasteiger partial charge >= 0.3 is 6.09 Å². The zero-order valence-electron chi connectivity index (χ0n) is 15.0. The van der Waals surface area contributed by atoms with Crippen LogP contribution in [0.25, 0.3) is 0 Å². The molecular formula is C16H22N2O8S. The van der Waals surface area contributed by atoms with Gasteiger partial charge in [0.2, 0.25) is 0 Å². The van der Waals surface area contributed by atoms with Crippen molar-refractivity contribution in [3.63, 3.8) is 0 Å². The Labute approximate surface area is 156 Å². The summed E-state index contributed by atoms with van der Waals surface area (Å²) >= 11 is 0. The first-order valence-electron chi connectivity index (χ1n) is 8.30. The summed E-state index contributed by atoms with van der Waals surface area (Å²) < 4.78 is 33.1. The lowest BCUT2D eigenvalue weighted by Crippen LogP contribution is -2.47. The molecule has 1 aromatic rings. The van der Waals surface area contributed by atoms with Gasteiger partial charge in [-0.05, 0) is 24.1 Å². The number of nitro groups is 1. The van der Waals surface area contributed by atoms with Crippen molar-refractivity contribution in [2.75, 3.05) is 12.9 Å². The lowest BCUT2D eigenvalue weighted by Gasteiger charge is -2.35. The molecule has 1 aliphatic rings. The summed E-state index contributed by atoms with van der Waals surface area (Å²) in [5.74, 6) is 0. The van der Waals surface area contributed by atoms with Gasteiger partial charge in [-0.1, -0.05) is 6.92 Å². The van der Waals surface area contributed by atoms with Gasteiger partial charge in [0, 0.05) is 25.0 Å². The lowest BCUT2D eigenvalue weighted by molar-refractivity contribution is -0.384. The molecule has 1 saturated heterocycles. The molecule has 0 radical (unpaired) electrons. The van der Waals surface area contributed by atoms with Crippen LogP contribution in [0.3, 0.4) is 0 Å². The first-order chi connectivity index (χ1) is 12.5. The molecule has 0 spiro atoms. The van der Waals surface area contributed by atoms with Crippen LogP contribution in [0.1, 0.15) is 31.7 Å². The Kier molecular flexibility index (Phi) is 6.39. The minimum Gasteiger partial charge on any atom is -0.465 e. The number of rotatable bonds is 8. The number of ether oxygens (including phenoxy) is 1. The molecule has 1 aromatic carbocycles. The maximum absolute atomic E-state index is 11.4. The van der Waals surface area contributed by atoms with Crippen LogP contribution in [0.4, 0.5) is 10.5 Å². The summed E-state index contributed by atoms with van der Waals surface area (Å²) in [4.78, 5) is 21.7. The number of amides is 1. The standard InChI is InChI=1S/C16H22N2O8S/c1-3-16(17-15(19)20,11-4-6-12(7-5-11)18(21)22)9-13-8-14(10-25-13)26-27(2,23)24/h4-7,13-14,17H,3,8-10H2,1-2H3,(H,19,20). The van der Waals surface area contributed by atoms with E-state index in [2.05, 4.69) is 5.32 Å². The second-order valence-electron chi connectivity index (χ2n) is 6.49. The van der Waals surface area contributed by atoms with Crippen LogP contribution in [0.15, 0.2) is 24.3 Å². The van der Waals surface area contributed by atoms with Gasteiger partial charge in [-0.15, -0.1) is 0 Å². The minimum atomic E-state index is -3.62. The van der Waals surface area contributed by atoms with Crippen LogP contribution in [-0.2, 0) is 24.6 Å². The van der Waals surface area contributed by atoms with Gasteiger partial charge in [0.15, 0.2) is 0 Å². The average Bonchev–Trinajstić information content (AvgIpc) is 2.98. The molecule has 3 unspecified atom stereocenters. The van der Waals surface area contributed by atoms with Gasteiger partial charge in [0.25, 0.3) is 15.8 Å². The number of benzene rings is 1. The Balaban J connectivity index is 2.23. The second-order valence-corrected chi connectivity index (χ2v) is 8.09. The number of carbonyl (C=O) groups is 1. The van der Waals surface area contributed by atoms with Crippen molar-refractivity contribution in [1.29, 1.82) is 0 Å². The van der Waals surface area contributed by atoms with Crippen LogP contribution in [0, 0.1) is 10.1 Å². The predicted octanol–water partition coefficient (Wildman–Crippen LogP) is 1.99. The van der Waals surface area contributed by atoms with Gasteiger partial charge in [-0.3, -0.25) is 14.3 Å². The number of carboxylic acid groups (broad SMARTS) is 1. The van der Waals surface area contributed by atoms with Crippen molar-refractivity contribution >= 4 is 21.9 Å². The average molecular weight is 402 g/mol. The molecule has 1 fully saturated rings. The first kappa shape index (κ1) is 21.1. The monoisotopic (exact) mass is 402 g/mol. The van der Waals surface area contributed by atoms with Crippen molar-refractivity contribution in [3.05, 3.63) is 39.9 Å². The topological polar surface area (TPSA) is 145 Å². The van der Waals surface area contributed by atoms with E-state index in [0.717, 1.165) is 6.26 Å². The molecule has 27 heavy (non-hydrogen) atoms. The van der Waals surface area contributed by atoms with Crippen molar-refractivity contribution < 1.29 is 32.2 Å². The number of nitro benzene ring substituents is 1. The highest BCUT2D eigenvalue weighted by Gasteiger charge is 2.39. The summed E-state index contributed by atoms with van der Waals surface area (Å²) in [5, 5.41) is 22.7. The molecule has 1 amide bonds. The second kappa shape index (κ2) is 8.19. The maximum Gasteiger partial charge on any atom is 0.405 e. The summed E-state index contributed by atoms with van der Waals surface area (Å²) in [6, 6.07) is 5.65. The third kappa shape index (κ3) is 5.62. The fourth-order valence-electron chi connectivity index (χ4n) is 3.30. The lowest BCUT2D eigenvalue weighted by atomic mass is 9.81. The molecule has 0 aromatic heterocycles. The maximum atomic E-state index is 11.4. The highest BCUT2D eigenvalue weighted by atomic mass is 32.2. The molecule has 150 valence electrons. The Morgan fingerprint density at radius 3 is 2.56 bits per heavy atom. The van der Waals surface area contributed by atoms with Crippen LogP contribution in [-0.4, -0.2) is 49.6 Å². The third-order valence-electron chi connectivity index (χ3n) is 4.51. The SMILES string of the molecule is CCC(CC1CC(OS(C)(=O)=O)CO1)(NC(=O)O)c1ccc([N+](=O)[O-])cc1. The Morgan fingerprint density at radius 2 is 2.07 bits per heavy atom. The number of hydrogen-bond acceptors (Lipinski definition) is 7. The number of non-ortho nitro benzene ring substituents is 1. The number of hydrogen-bond donors (Lipinski definition) is 2.